The van der Waals surface area contributed by atoms with Gasteiger partial charge in [0.25, 0.3) is 0 Å². The maximum absolute atomic E-state index is 13.0. The normalized spacial score (nSPS) is 10.9. The summed E-state index contributed by atoms with van der Waals surface area (Å²) in [5, 5.41) is 7.78. The number of anilines is 1. The molecule has 0 unspecified atom stereocenters. The lowest BCUT2D eigenvalue weighted by Crippen LogP contribution is -2.24. The lowest BCUT2D eigenvalue weighted by molar-refractivity contribution is 0.626. The lowest BCUT2D eigenvalue weighted by Gasteiger charge is -2.10. The van der Waals surface area contributed by atoms with Crippen LogP contribution in [-0.4, -0.2) is 15.9 Å². The van der Waals surface area contributed by atoms with Crippen LogP contribution in [0.5, 0.6) is 0 Å². The fourth-order valence-electron chi connectivity index (χ4n) is 2.74. The number of benzene rings is 2. The molecule has 1 heterocycles. The number of halogens is 1. The summed E-state index contributed by atoms with van der Waals surface area (Å²) in [7, 11) is 0. The molecule has 0 bridgehead atoms. The van der Waals surface area contributed by atoms with Crippen molar-refractivity contribution in [3.63, 3.8) is 0 Å². The van der Waals surface area contributed by atoms with Crippen molar-refractivity contribution in [3.05, 3.63) is 89.0 Å². The van der Waals surface area contributed by atoms with Crippen molar-refractivity contribution in [1.29, 1.82) is 0 Å². The highest BCUT2D eigenvalue weighted by molar-refractivity contribution is 7.80. The summed E-state index contributed by atoms with van der Waals surface area (Å²) in [5.74, 6) is -0.234. The average Bonchev–Trinajstić information content (AvgIpc) is 3.06. The van der Waals surface area contributed by atoms with Gasteiger partial charge in [0.2, 0.25) is 0 Å². The Balaban J connectivity index is 1.59. The van der Waals surface area contributed by atoms with Crippen LogP contribution in [0.3, 0.4) is 0 Å². The van der Waals surface area contributed by atoms with Gasteiger partial charge in [-0.2, -0.15) is 5.10 Å². The molecule has 0 amide bonds. The van der Waals surface area contributed by atoms with Crippen molar-refractivity contribution in [3.8, 4) is 0 Å². The lowest BCUT2D eigenvalue weighted by atomic mass is 10.1. The van der Waals surface area contributed by atoms with Crippen molar-refractivity contribution in [2.75, 3.05) is 5.32 Å². The maximum Gasteiger partial charge on any atom is 0.191 e. The second-order valence-electron chi connectivity index (χ2n) is 6.33. The number of hydrazone groups is 1. The van der Waals surface area contributed by atoms with Crippen molar-refractivity contribution in [2.24, 2.45) is 5.10 Å². The van der Waals surface area contributed by atoms with Crippen LogP contribution in [-0.2, 0) is 6.54 Å². The zero-order chi connectivity index (χ0) is 19.2. The average molecular weight is 380 g/mol. The summed E-state index contributed by atoms with van der Waals surface area (Å²) in [6.07, 6.45) is 3.66. The smallest absolute Gasteiger partial charge is 0.191 e. The van der Waals surface area contributed by atoms with Crippen molar-refractivity contribution < 1.29 is 4.39 Å². The van der Waals surface area contributed by atoms with Crippen LogP contribution < -0.4 is 10.7 Å². The zero-order valence-corrected chi connectivity index (χ0v) is 16.1. The quantitative estimate of drug-likeness (QED) is 0.386. The van der Waals surface area contributed by atoms with Crippen LogP contribution in [0.2, 0.25) is 0 Å². The molecule has 3 aromatic rings. The first-order valence-electron chi connectivity index (χ1n) is 8.58. The van der Waals surface area contributed by atoms with E-state index in [1.165, 1.54) is 17.7 Å². The van der Waals surface area contributed by atoms with Gasteiger partial charge in [0.15, 0.2) is 5.11 Å². The standard InChI is InChI=1S/C21H21FN4S/c1-15-5-10-20(16(2)12-15)24-21(27)25-23-13-19-4-3-11-26(19)14-17-6-8-18(22)9-7-17/h3-13H,14H2,1-2H3,(H2,24,25,27). The number of nitrogens with one attached hydrogen (secondary N) is 2. The molecule has 3 rings (SSSR count). The Morgan fingerprint density at radius 3 is 2.67 bits per heavy atom. The minimum absolute atomic E-state index is 0.234. The number of aryl methyl sites for hydroxylation is 2. The van der Waals surface area contributed by atoms with E-state index in [4.69, 9.17) is 12.2 Å². The fourth-order valence-corrected chi connectivity index (χ4v) is 2.90. The predicted molar refractivity (Wildman–Crippen MR) is 113 cm³/mol. The van der Waals surface area contributed by atoms with Crippen LogP contribution in [0.1, 0.15) is 22.4 Å². The molecule has 0 aliphatic heterocycles. The molecule has 138 valence electrons. The predicted octanol–water partition coefficient (Wildman–Crippen LogP) is 4.61. The topological polar surface area (TPSA) is 41.4 Å². The highest BCUT2D eigenvalue weighted by Gasteiger charge is 2.02. The van der Waals surface area contributed by atoms with Gasteiger partial charge in [0, 0.05) is 18.4 Å². The van der Waals surface area contributed by atoms with E-state index in [1.54, 1.807) is 18.3 Å². The second kappa shape index (κ2) is 8.60. The molecular weight excluding hydrogens is 359 g/mol. The largest absolute Gasteiger partial charge is 0.342 e. The van der Waals surface area contributed by atoms with Gasteiger partial charge in [0.1, 0.15) is 5.82 Å². The van der Waals surface area contributed by atoms with Crippen molar-refractivity contribution in [1.82, 2.24) is 9.99 Å². The van der Waals surface area contributed by atoms with Gasteiger partial charge in [-0.1, -0.05) is 29.8 Å². The summed E-state index contributed by atoms with van der Waals surface area (Å²) in [6, 6.07) is 16.5. The van der Waals surface area contributed by atoms with Crippen molar-refractivity contribution >= 4 is 29.2 Å². The first kappa shape index (κ1) is 18.8. The highest BCUT2D eigenvalue weighted by atomic mass is 32.1. The minimum atomic E-state index is -0.234. The van der Waals surface area contributed by atoms with Crippen LogP contribution in [0.25, 0.3) is 0 Å². The Bertz CT molecular complexity index is 961. The Kier molecular flexibility index (Phi) is 5.98. The summed E-state index contributed by atoms with van der Waals surface area (Å²) in [5.41, 5.74) is 8.05. The van der Waals surface area contributed by atoms with Crippen LogP contribution in [0.4, 0.5) is 10.1 Å². The molecule has 1 aromatic heterocycles. The number of rotatable bonds is 5. The van der Waals surface area contributed by atoms with E-state index in [0.717, 1.165) is 22.5 Å². The Morgan fingerprint density at radius 2 is 1.93 bits per heavy atom. The molecule has 0 atom stereocenters. The molecule has 0 aliphatic carbocycles. The molecule has 2 aromatic carbocycles. The molecule has 0 fully saturated rings. The van der Waals surface area contributed by atoms with Crippen LogP contribution in [0, 0.1) is 19.7 Å². The fraction of sp³-hybridized carbons (Fsp3) is 0.143. The molecule has 4 nitrogen and oxygen atoms in total. The van der Waals surface area contributed by atoms with Gasteiger partial charge in [0.05, 0.1) is 11.9 Å². The van der Waals surface area contributed by atoms with Gasteiger partial charge in [-0.15, -0.1) is 0 Å². The number of nitrogens with zero attached hydrogens (tertiary/aromatic N) is 2. The SMILES string of the molecule is Cc1ccc(NC(=S)NN=Cc2cccn2Cc2ccc(F)cc2)c(C)c1. The van der Waals surface area contributed by atoms with E-state index in [-0.39, 0.29) is 5.82 Å². The van der Waals surface area contributed by atoms with E-state index in [9.17, 15) is 4.39 Å². The molecule has 27 heavy (non-hydrogen) atoms. The van der Waals surface area contributed by atoms with Gasteiger partial charge in [-0.25, -0.2) is 4.39 Å². The van der Waals surface area contributed by atoms with Gasteiger partial charge in [-0.05, 0) is 67.5 Å². The van der Waals surface area contributed by atoms with Gasteiger partial charge < -0.3 is 9.88 Å². The van der Waals surface area contributed by atoms with Gasteiger partial charge >= 0.3 is 0 Å². The number of aromatic nitrogens is 1. The van der Waals surface area contributed by atoms with E-state index >= 15 is 0 Å². The molecule has 2 N–H and O–H groups in total. The van der Waals surface area contributed by atoms with E-state index in [1.807, 2.05) is 42.0 Å². The third kappa shape index (κ3) is 5.24. The minimum Gasteiger partial charge on any atom is -0.342 e. The highest BCUT2D eigenvalue weighted by Crippen LogP contribution is 2.15. The summed E-state index contributed by atoms with van der Waals surface area (Å²) >= 11 is 5.30. The van der Waals surface area contributed by atoms with E-state index < -0.39 is 0 Å². The number of thiocarbonyl (C=S) groups is 1. The van der Waals surface area contributed by atoms with Crippen LogP contribution >= 0.6 is 12.2 Å². The molecule has 0 aliphatic rings. The summed E-state index contributed by atoms with van der Waals surface area (Å²) in [4.78, 5) is 0. The monoisotopic (exact) mass is 380 g/mol. The van der Waals surface area contributed by atoms with Crippen LogP contribution in [0.15, 0.2) is 65.9 Å². The number of hydrogen-bond acceptors (Lipinski definition) is 2. The Hall–Kier alpha value is -2.99. The Morgan fingerprint density at radius 1 is 1.15 bits per heavy atom. The number of hydrogen-bond donors (Lipinski definition) is 2. The summed E-state index contributed by atoms with van der Waals surface area (Å²) < 4.78 is 15.1. The third-order valence-corrected chi connectivity index (χ3v) is 4.32. The molecule has 6 heteroatoms. The van der Waals surface area contributed by atoms with E-state index in [2.05, 4.69) is 28.8 Å². The first-order valence-corrected chi connectivity index (χ1v) is 8.99. The molecule has 0 spiro atoms. The van der Waals surface area contributed by atoms with Crippen molar-refractivity contribution in [2.45, 2.75) is 20.4 Å². The molecule has 0 radical (unpaired) electrons. The Labute approximate surface area is 163 Å². The second-order valence-corrected chi connectivity index (χ2v) is 6.74. The molecule has 0 saturated heterocycles. The zero-order valence-electron chi connectivity index (χ0n) is 15.2. The first-order chi connectivity index (χ1) is 13.0. The van der Waals surface area contributed by atoms with Gasteiger partial charge in [-0.3, -0.25) is 5.43 Å². The molecular formula is C21H21FN4S. The summed E-state index contributed by atoms with van der Waals surface area (Å²) in [6.45, 7) is 4.72. The third-order valence-electron chi connectivity index (χ3n) is 4.12. The maximum atomic E-state index is 13.0. The molecule has 0 saturated carbocycles. The van der Waals surface area contributed by atoms with E-state index in [0.29, 0.717) is 11.7 Å².